The van der Waals surface area contributed by atoms with Crippen LogP contribution in [0.2, 0.25) is 0 Å². The molecule has 4 nitrogen and oxygen atoms in total. The molecule has 114 valence electrons. The van der Waals surface area contributed by atoms with Crippen molar-refractivity contribution < 1.29 is 9.13 Å². The van der Waals surface area contributed by atoms with E-state index >= 15 is 0 Å². The molecular formula is C15H26FN3O. The molecule has 1 rings (SSSR count). The molecule has 0 aliphatic carbocycles. The Morgan fingerprint density at radius 2 is 2.20 bits per heavy atom. The lowest BCUT2D eigenvalue weighted by Gasteiger charge is -2.30. The molecule has 1 aromatic heterocycles. The largest absolute Gasteiger partial charge is 0.383 e. The number of hydrogen-bond acceptors (Lipinski definition) is 4. The molecule has 0 aromatic carbocycles. The third kappa shape index (κ3) is 4.42. The first-order valence-electron chi connectivity index (χ1n) is 7.25. The van der Waals surface area contributed by atoms with Gasteiger partial charge in [-0.2, -0.15) is 0 Å². The smallest absolute Gasteiger partial charge is 0.170 e. The monoisotopic (exact) mass is 283 g/mol. The van der Waals surface area contributed by atoms with Crippen molar-refractivity contribution in [1.29, 1.82) is 0 Å². The second-order valence-electron chi connectivity index (χ2n) is 4.83. The number of hydrogen-bond donors (Lipinski definition) is 1. The fraction of sp³-hybridized carbons (Fsp3) is 0.667. The molecule has 20 heavy (non-hydrogen) atoms. The summed E-state index contributed by atoms with van der Waals surface area (Å²) in [5.41, 5.74) is 0.655. The van der Waals surface area contributed by atoms with Crippen LogP contribution in [0.5, 0.6) is 0 Å². The molecule has 1 atom stereocenters. The van der Waals surface area contributed by atoms with Gasteiger partial charge >= 0.3 is 0 Å². The van der Waals surface area contributed by atoms with Crippen LogP contribution in [0.15, 0.2) is 12.3 Å². The molecule has 0 spiro atoms. The zero-order valence-electron chi connectivity index (χ0n) is 12.9. The van der Waals surface area contributed by atoms with Crippen molar-refractivity contribution in [2.45, 2.75) is 39.8 Å². The maximum atomic E-state index is 14.6. The van der Waals surface area contributed by atoms with Gasteiger partial charge in [-0.25, -0.2) is 9.37 Å². The fourth-order valence-corrected chi connectivity index (χ4v) is 2.01. The highest BCUT2D eigenvalue weighted by Gasteiger charge is 2.19. The Bertz CT molecular complexity index is 401. The minimum atomic E-state index is -0.232. The summed E-state index contributed by atoms with van der Waals surface area (Å²) in [4.78, 5) is 6.22. The van der Waals surface area contributed by atoms with E-state index in [1.807, 2.05) is 11.8 Å². The number of methoxy groups -OCH3 is 1. The van der Waals surface area contributed by atoms with Crippen LogP contribution in [0, 0.1) is 5.82 Å². The normalized spacial score (nSPS) is 12.4. The first-order valence-corrected chi connectivity index (χ1v) is 7.25. The molecular weight excluding hydrogens is 257 g/mol. The van der Waals surface area contributed by atoms with Crippen LogP contribution in [0.1, 0.15) is 32.8 Å². The summed E-state index contributed by atoms with van der Waals surface area (Å²) in [6.45, 7) is 8.71. The first-order chi connectivity index (χ1) is 9.65. The van der Waals surface area contributed by atoms with Crippen LogP contribution in [0.4, 0.5) is 10.2 Å². The van der Waals surface area contributed by atoms with Crippen molar-refractivity contribution in [2.75, 3.05) is 31.7 Å². The van der Waals surface area contributed by atoms with Gasteiger partial charge in [0.1, 0.15) is 0 Å². The molecule has 0 fully saturated rings. The van der Waals surface area contributed by atoms with Gasteiger partial charge in [-0.05, 0) is 26.0 Å². The lowest BCUT2D eigenvalue weighted by Crippen LogP contribution is -2.37. The van der Waals surface area contributed by atoms with Crippen LogP contribution in [-0.4, -0.2) is 37.8 Å². The Balaban J connectivity index is 2.99. The van der Waals surface area contributed by atoms with E-state index in [1.54, 1.807) is 19.4 Å². The van der Waals surface area contributed by atoms with Gasteiger partial charge in [-0.1, -0.05) is 13.8 Å². The Morgan fingerprint density at radius 1 is 1.45 bits per heavy atom. The van der Waals surface area contributed by atoms with E-state index in [1.165, 1.54) is 0 Å². The summed E-state index contributed by atoms with van der Waals surface area (Å²) in [6, 6.07) is 1.95. The Kier molecular flexibility index (Phi) is 7.47. The van der Waals surface area contributed by atoms with Gasteiger partial charge in [-0.3, -0.25) is 0 Å². The Morgan fingerprint density at radius 3 is 2.80 bits per heavy atom. The molecule has 0 amide bonds. The third-order valence-corrected chi connectivity index (χ3v) is 3.45. The van der Waals surface area contributed by atoms with E-state index in [9.17, 15) is 4.39 Å². The molecule has 5 heteroatoms. The summed E-state index contributed by atoms with van der Waals surface area (Å²) in [5.74, 6) is 0.191. The van der Waals surface area contributed by atoms with E-state index in [-0.39, 0.29) is 11.9 Å². The van der Waals surface area contributed by atoms with Gasteiger partial charge in [0.25, 0.3) is 0 Å². The topological polar surface area (TPSA) is 37.4 Å². The number of halogens is 1. The third-order valence-electron chi connectivity index (χ3n) is 3.45. The highest BCUT2D eigenvalue weighted by atomic mass is 19.1. The summed E-state index contributed by atoms with van der Waals surface area (Å²) < 4.78 is 19.7. The van der Waals surface area contributed by atoms with Crippen LogP contribution < -0.4 is 10.2 Å². The number of nitrogens with zero attached hydrogens (tertiary/aromatic N) is 2. The van der Waals surface area contributed by atoms with Gasteiger partial charge in [0, 0.05) is 38.0 Å². The predicted molar refractivity (Wildman–Crippen MR) is 80.6 cm³/mol. The summed E-state index contributed by atoms with van der Waals surface area (Å²) >= 11 is 0. The highest BCUT2D eigenvalue weighted by Crippen LogP contribution is 2.22. The average molecular weight is 283 g/mol. The minimum absolute atomic E-state index is 0.224. The lowest BCUT2D eigenvalue weighted by atomic mass is 10.2. The van der Waals surface area contributed by atoms with E-state index in [0.717, 1.165) is 13.0 Å². The van der Waals surface area contributed by atoms with Crippen molar-refractivity contribution in [3.8, 4) is 0 Å². The van der Waals surface area contributed by atoms with E-state index in [2.05, 4.69) is 24.1 Å². The molecule has 0 radical (unpaired) electrons. The van der Waals surface area contributed by atoms with Crippen LogP contribution in [-0.2, 0) is 11.3 Å². The second kappa shape index (κ2) is 8.87. The zero-order valence-corrected chi connectivity index (χ0v) is 12.9. The number of pyridine rings is 1. The second-order valence-corrected chi connectivity index (χ2v) is 4.83. The number of anilines is 1. The van der Waals surface area contributed by atoms with Gasteiger partial charge in [0.2, 0.25) is 0 Å². The maximum Gasteiger partial charge on any atom is 0.170 e. The standard InChI is InChI=1S/C15H26FN3O/c1-5-12(3)19(9-10-20-4)15-14(16)13(7-8-18-15)11-17-6-2/h7-8,12,17H,5-6,9-11H2,1-4H3. The van der Waals surface area contributed by atoms with Crippen molar-refractivity contribution in [1.82, 2.24) is 10.3 Å². The highest BCUT2D eigenvalue weighted by molar-refractivity contribution is 5.44. The van der Waals surface area contributed by atoms with Gasteiger partial charge < -0.3 is 15.0 Å². The first kappa shape index (κ1) is 16.9. The zero-order chi connectivity index (χ0) is 15.0. The lowest BCUT2D eigenvalue weighted by molar-refractivity contribution is 0.203. The van der Waals surface area contributed by atoms with Crippen molar-refractivity contribution in [3.05, 3.63) is 23.6 Å². The van der Waals surface area contributed by atoms with E-state index in [4.69, 9.17) is 4.74 Å². The van der Waals surface area contributed by atoms with Crippen molar-refractivity contribution in [2.24, 2.45) is 0 Å². The summed E-state index contributed by atoms with van der Waals surface area (Å²) in [6.07, 6.45) is 2.61. The summed E-state index contributed by atoms with van der Waals surface area (Å²) in [5, 5.41) is 3.15. The number of nitrogens with one attached hydrogen (secondary N) is 1. The molecule has 0 aliphatic heterocycles. The number of rotatable bonds is 9. The summed E-state index contributed by atoms with van der Waals surface area (Å²) in [7, 11) is 1.65. The van der Waals surface area contributed by atoms with E-state index in [0.29, 0.717) is 31.1 Å². The number of aromatic nitrogens is 1. The molecule has 0 bridgehead atoms. The van der Waals surface area contributed by atoms with Gasteiger partial charge in [-0.15, -0.1) is 0 Å². The van der Waals surface area contributed by atoms with Crippen LogP contribution in [0.25, 0.3) is 0 Å². The Labute approximate surface area is 121 Å². The Hall–Kier alpha value is -1.20. The molecule has 0 saturated heterocycles. The molecule has 1 unspecified atom stereocenters. The average Bonchev–Trinajstić information content (AvgIpc) is 2.47. The molecule has 0 saturated carbocycles. The quantitative estimate of drug-likeness (QED) is 0.756. The molecule has 1 heterocycles. The molecule has 1 N–H and O–H groups in total. The van der Waals surface area contributed by atoms with Gasteiger partial charge in [0.15, 0.2) is 11.6 Å². The fourth-order valence-electron chi connectivity index (χ4n) is 2.01. The molecule has 0 aliphatic rings. The maximum absolute atomic E-state index is 14.6. The minimum Gasteiger partial charge on any atom is -0.383 e. The van der Waals surface area contributed by atoms with Crippen LogP contribution in [0.3, 0.4) is 0 Å². The SMILES string of the molecule is CCNCc1ccnc(N(CCOC)C(C)CC)c1F. The van der Waals surface area contributed by atoms with Crippen molar-refractivity contribution >= 4 is 5.82 Å². The predicted octanol–water partition coefficient (Wildman–Crippen LogP) is 2.58. The van der Waals surface area contributed by atoms with E-state index < -0.39 is 0 Å². The van der Waals surface area contributed by atoms with Crippen LogP contribution >= 0.6 is 0 Å². The number of ether oxygens (including phenoxy) is 1. The van der Waals surface area contributed by atoms with Gasteiger partial charge in [0.05, 0.1) is 6.61 Å². The molecule has 1 aromatic rings. The van der Waals surface area contributed by atoms with Crippen molar-refractivity contribution in [3.63, 3.8) is 0 Å².